The molecule has 0 saturated carbocycles. The third kappa shape index (κ3) is 2.63. The lowest BCUT2D eigenvalue weighted by molar-refractivity contribution is 0.0951. The van der Waals surface area contributed by atoms with Crippen LogP contribution in [0.25, 0.3) is 0 Å². The molecule has 6 heteroatoms. The maximum atomic E-state index is 13.3. The van der Waals surface area contributed by atoms with Gasteiger partial charge in [0.1, 0.15) is 11.6 Å². The van der Waals surface area contributed by atoms with E-state index in [1.807, 2.05) is 0 Å². The Morgan fingerprint density at radius 3 is 2.82 bits per heavy atom. The van der Waals surface area contributed by atoms with E-state index in [0.29, 0.717) is 12.3 Å². The fraction of sp³-hybridized carbons (Fsp3) is 0.273. The van der Waals surface area contributed by atoms with Gasteiger partial charge in [0.2, 0.25) is 0 Å². The Morgan fingerprint density at radius 2 is 2.18 bits per heavy atom. The Morgan fingerprint density at radius 1 is 1.41 bits per heavy atom. The Balaban J connectivity index is 2.14. The lowest BCUT2D eigenvalue weighted by Crippen LogP contribution is -2.30. The molecule has 1 heterocycles. The second kappa shape index (κ2) is 4.83. The molecule has 1 aromatic carbocycles. The molecule has 0 N–H and O–H groups in total. The van der Waals surface area contributed by atoms with E-state index < -0.39 is 17.4 Å². The highest BCUT2D eigenvalue weighted by Crippen LogP contribution is 2.18. The molecule has 1 aliphatic rings. The molecule has 1 saturated heterocycles. The number of amides is 1. The average Bonchev–Trinajstić information content (AvgIpc) is 2.68. The maximum Gasteiger partial charge on any atom is 0.282 e. The van der Waals surface area contributed by atoms with Crippen LogP contribution in [0.5, 0.6) is 0 Å². The summed E-state index contributed by atoms with van der Waals surface area (Å²) < 4.78 is 26.2. The van der Waals surface area contributed by atoms with Crippen molar-refractivity contribution in [3.63, 3.8) is 0 Å². The number of carbonyl (C=O) groups excluding carboxylic acids is 2. The normalized spacial score (nSPS) is 15.4. The smallest absolute Gasteiger partial charge is 0.282 e. The first-order valence-corrected chi connectivity index (χ1v) is 5.96. The molecule has 1 aliphatic heterocycles. The first-order valence-electron chi connectivity index (χ1n) is 4.98. The summed E-state index contributed by atoms with van der Waals surface area (Å²) in [6.07, 6.45) is 0. The minimum atomic E-state index is -0.768. The van der Waals surface area contributed by atoms with Crippen molar-refractivity contribution in [1.82, 2.24) is 4.90 Å². The highest BCUT2D eigenvalue weighted by molar-refractivity contribution is 8.13. The number of rotatable bonds is 3. The highest BCUT2D eigenvalue weighted by atomic mass is 32.2. The molecule has 3 nitrogen and oxygen atoms in total. The number of halogens is 2. The third-order valence-electron chi connectivity index (χ3n) is 2.41. The van der Waals surface area contributed by atoms with Crippen molar-refractivity contribution in [2.75, 3.05) is 18.8 Å². The summed E-state index contributed by atoms with van der Waals surface area (Å²) in [5.74, 6) is -1.40. The summed E-state index contributed by atoms with van der Waals surface area (Å²) in [6.45, 7) is 0.262. The van der Waals surface area contributed by atoms with Crippen molar-refractivity contribution in [1.29, 1.82) is 0 Å². The van der Waals surface area contributed by atoms with Gasteiger partial charge in [0.15, 0.2) is 5.78 Å². The van der Waals surface area contributed by atoms with Crippen LogP contribution in [0.15, 0.2) is 18.2 Å². The van der Waals surface area contributed by atoms with Crippen molar-refractivity contribution >= 4 is 22.8 Å². The monoisotopic (exact) mass is 257 g/mol. The molecule has 17 heavy (non-hydrogen) atoms. The second-order valence-corrected chi connectivity index (χ2v) is 4.63. The minimum Gasteiger partial charge on any atom is -0.325 e. The van der Waals surface area contributed by atoms with Gasteiger partial charge in [-0.3, -0.25) is 9.59 Å². The van der Waals surface area contributed by atoms with Crippen LogP contribution >= 0.6 is 11.8 Å². The van der Waals surface area contributed by atoms with Gasteiger partial charge < -0.3 is 4.90 Å². The largest absolute Gasteiger partial charge is 0.325 e. The molecular formula is C11H9F2NO2S. The first-order chi connectivity index (χ1) is 8.08. The second-order valence-electron chi connectivity index (χ2n) is 3.58. The molecule has 0 bridgehead atoms. The van der Waals surface area contributed by atoms with Crippen LogP contribution in [-0.2, 0) is 0 Å². The SMILES string of the molecule is O=C(CN1CCSC1=O)c1cc(F)ccc1F. The Bertz CT molecular complexity index is 479. The van der Waals surface area contributed by atoms with Gasteiger partial charge in [-0.25, -0.2) is 8.78 Å². The number of benzene rings is 1. The van der Waals surface area contributed by atoms with E-state index >= 15 is 0 Å². The summed E-state index contributed by atoms with van der Waals surface area (Å²) in [7, 11) is 0. The van der Waals surface area contributed by atoms with Gasteiger partial charge in [0, 0.05) is 12.3 Å². The summed E-state index contributed by atoms with van der Waals surface area (Å²) in [6, 6.07) is 2.71. The number of hydrogen-bond acceptors (Lipinski definition) is 3. The molecule has 1 aromatic rings. The molecule has 2 rings (SSSR count). The maximum absolute atomic E-state index is 13.3. The van der Waals surface area contributed by atoms with Crippen LogP contribution in [0.2, 0.25) is 0 Å². The van der Waals surface area contributed by atoms with Crippen molar-refractivity contribution in [2.45, 2.75) is 0 Å². The van der Waals surface area contributed by atoms with Crippen LogP contribution in [0, 0.1) is 11.6 Å². The highest BCUT2D eigenvalue weighted by Gasteiger charge is 2.24. The van der Waals surface area contributed by atoms with E-state index in [1.165, 1.54) is 4.90 Å². The van der Waals surface area contributed by atoms with Crippen molar-refractivity contribution in [2.24, 2.45) is 0 Å². The zero-order valence-corrected chi connectivity index (χ0v) is 9.60. The van der Waals surface area contributed by atoms with E-state index in [9.17, 15) is 18.4 Å². The van der Waals surface area contributed by atoms with Crippen LogP contribution in [0.1, 0.15) is 10.4 Å². The predicted molar refractivity (Wildman–Crippen MR) is 60.1 cm³/mol. The Labute approximate surface area is 101 Å². The zero-order chi connectivity index (χ0) is 12.4. The summed E-state index contributed by atoms with van der Waals surface area (Å²) >= 11 is 1.12. The van der Waals surface area contributed by atoms with E-state index in [-0.39, 0.29) is 17.3 Å². The number of carbonyl (C=O) groups is 2. The summed E-state index contributed by atoms with van der Waals surface area (Å²) in [5.41, 5.74) is -0.310. The topological polar surface area (TPSA) is 37.4 Å². The van der Waals surface area contributed by atoms with Gasteiger partial charge >= 0.3 is 0 Å². The van der Waals surface area contributed by atoms with Crippen LogP contribution in [0.3, 0.4) is 0 Å². The molecule has 0 aromatic heterocycles. The molecule has 0 atom stereocenters. The van der Waals surface area contributed by atoms with Gasteiger partial charge in [0.05, 0.1) is 12.1 Å². The lowest BCUT2D eigenvalue weighted by Gasteiger charge is -2.13. The van der Waals surface area contributed by atoms with Gasteiger partial charge in [-0.15, -0.1) is 0 Å². The van der Waals surface area contributed by atoms with Gasteiger partial charge in [-0.2, -0.15) is 0 Å². The molecule has 0 aliphatic carbocycles. The molecule has 0 spiro atoms. The van der Waals surface area contributed by atoms with Gasteiger partial charge in [0.25, 0.3) is 5.24 Å². The van der Waals surface area contributed by atoms with Gasteiger partial charge in [-0.1, -0.05) is 11.8 Å². The fourth-order valence-corrected chi connectivity index (χ4v) is 2.36. The number of nitrogens with zero attached hydrogens (tertiary/aromatic N) is 1. The van der Waals surface area contributed by atoms with Crippen molar-refractivity contribution in [3.05, 3.63) is 35.4 Å². The number of hydrogen-bond donors (Lipinski definition) is 0. The van der Waals surface area contributed by atoms with Crippen molar-refractivity contribution in [3.8, 4) is 0 Å². The number of thioether (sulfide) groups is 1. The molecule has 0 radical (unpaired) electrons. The number of Topliss-reactive ketones (excluding diaryl/α,β-unsaturated/α-hetero) is 1. The molecule has 0 unspecified atom stereocenters. The molecule has 1 fully saturated rings. The molecule has 90 valence electrons. The third-order valence-corrected chi connectivity index (χ3v) is 3.30. The summed E-state index contributed by atoms with van der Waals surface area (Å²) in [4.78, 5) is 24.3. The van der Waals surface area contributed by atoms with Gasteiger partial charge in [-0.05, 0) is 18.2 Å². The average molecular weight is 257 g/mol. The van der Waals surface area contributed by atoms with E-state index in [4.69, 9.17) is 0 Å². The minimum absolute atomic E-state index is 0.199. The summed E-state index contributed by atoms with van der Waals surface area (Å²) in [5, 5.41) is -0.199. The van der Waals surface area contributed by atoms with Crippen molar-refractivity contribution < 1.29 is 18.4 Å². The molecular weight excluding hydrogens is 248 g/mol. The standard InChI is InChI=1S/C11H9F2NO2S/c12-7-1-2-9(13)8(5-7)10(15)6-14-3-4-17-11(14)16/h1-2,5H,3-4,6H2. The lowest BCUT2D eigenvalue weighted by atomic mass is 10.1. The number of ketones is 1. The first kappa shape index (κ1) is 12.0. The van der Waals surface area contributed by atoms with Crippen LogP contribution in [0.4, 0.5) is 13.6 Å². The van der Waals surface area contributed by atoms with Crippen LogP contribution in [-0.4, -0.2) is 34.8 Å². The quantitative estimate of drug-likeness (QED) is 0.780. The van der Waals surface area contributed by atoms with Crippen LogP contribution < -0.4 is 0 Å². The molecule has 1 amide bonds. The Hall–Kier alpha value is -1.43. The van der Waals surface area contributed by atoms with E-state index in [1.54, 1.807) is 0 Å². The fourth-order valence-electron chi connectivity index (χ4n) is 1.54. The predicted octanol–water partition coefficient (Wildman–Crippen LogP) is 2.32. The van der Waals surface area contributed by atoms with E-state index in [2.05, 4.69) is 0 Å². The Kier molecular flexibility index (Phi) is 3.42. The zero-order valence-electron chi connectivity index (χ0n) is 8.78. The van der Waals surface area contributed by atoms with E-state index in [0.717, 1.165) is 30.0 Å².